The molecule has 4 heterocycles. The summed E-state index contributed by atoms with van der Waals surface area (Å²) in [7, 11) is -0.315. The molecule has 6 aromatic carbocycles. The van der Waals surface area contributed by atoms with Crippen LogP contribution in [-0.4, -0.2) is 74.6 Å². The van der Waals surface area contributed by atoms with Crippen molar-refractivity contribution in [3.05, 3.63) is 212 Å². The highest BCUT2D eigenvalue weighted by Gasteiger charge is 2.36. The van der Waals surface area contributed by atoms with E-state index < -0.39 is 30.8 Å². The maximum Gasteiger partial charge on any atom is 0.181 e. The second-order valence-electron chi connectivity index (χ2n) is 23.4. The third-order valence-electron chi connectivity index (χ3n) is 14.9. The minimum absolute atomic E-state index is 0.00704. The summed E-state index contributed by atoms with van der Waals surface area (Å²) >= 11 is 0. The zero-order valence-electron chi connectivity index (χ0n) is 49.5. The third kappa shape index (κ3) is 18.7. The molecule has 83 heavy (non-hydrogen) atoms. The van der Waals surface area contributed by atoms with E-state index >= 15 is 0 Å². The number of aliphatic hydroxyl groups excluding tert-OH is 1. The van der Waals surface area contributed by atoms with Crippen molar-refractivity contribution in [2.75, 3.05) is 46.3 Å². The zero-order valence-corrected chi connectivity index (χ0v) is 51.2. The van der Waals surface area contributed by atoms with Crippen LogP contribution in [0.2, 0.25) is 0 Å². The molecular weight excluding hydrogens is 1090 g/mol. The number of benzene rings is 6. The van der Waals surface area contributed by atoms with Gasteiger partial charge in [0.1, 0.15) is 36.6 Å². The van der Waals surface area contributed by atoms with Crippen molar-refractivity contribution in [2.45, 2.75) is 154 Å². The van der Waals surface area contributed by atoms with Gasteiger partial charge in [-0.3, -0.25) is 4.57 Å². The van der Waals surface area contributed by atoms with Gasteiger partial charge in [-0.05, 0) is 136 Å². The molecule has 5 unspecified atom stereocenters. The highest BCUT2D eigenvalue weighted by atomic mass is 32.0. The smallest absolute Gasteiger partial charge is 0.181 e. The van der Waals surface area contributed by atoms with Crippen molar-refractivity contribution in [3.63, 3.8) is 0 Å². The molecule has 10 rings (SSSR count). The Labute approximate surface area is 493 Å². The Morgan fingerprint density at radius 1 is 0.434 bits per heavy atom. The number of hydrogen-bond donors (Lipinski definition) is 1. The van der Waals surface area contributed by atoms with E-state index in [-0.39, 0.29) is 51.4 Å². The molecule has 0 saturated carbocycles. The average molecular weight is 1170 g/mol. The van der Waals surface area contributed by atoms with E-state index in [2.05, 4.69) is 121 Å². The standard InChI is InChI=1S/C34H42O7P2.C33H40O7/c1-33(2)38-21-31(40-33)28-12-6-24(7-13-28)18-36-20-30(27-16-10-26(11-17-27)23-43(5)42-35)37-19-25-8-14-29(15-9-25)32-22-39-34(3,4)41-32;1-32(2)37-21-30(39-32)27-13-7-24(8-14-27)18-35-20-29(26-11-5-23(17-34)6-12-26)36-19-25-9-15-28(16-10-25)31-22-38-33(3,4)40-31/h6-17,30-32H,18-23H2,1-5H3;5-16,29-31,34H,17-22H2,1-4H3/t30-,31?,32?,43?;29-,30?,31?/m00/s1. The van der Waals surface area contributed by atoms with Crippen LogP contribution in [0.3, 0.4) is 0 Å². The Balaban J connectivity index is 0.000000200. The van der Waals surface area contributed by atoms with Crippen molar-refractivity contribution in [3.8, 4) is 0 Å². The maximum absolute atomic E-state index is 11.2. The first-order chi connectivity index (χ1) is 39.8. The van der Waals surface area contributed by atoms with Gasteiger partial charge in [-0.15, -0.1) is 0 Å². The summed E-state index contributed by atoms with van der Waals surface area (Å²) in [5.41, 5.74) is 12.8. The largest absolute Gasteiger partial charge is 0.392 e. The lowest BCUT2D eigenvalue weighted by Crippen LogP contribution is -2.19. The first kappa shape index (κ1) is 62.8. The Morgan fingerprint density at radius 3 is 0.976 bits per heavy atom. The second-order valence-corrected chi connectivity index (χ2v) is 27.7. The summed E-state index contributed by atoms with van der Waals surface area (Å²) in [6.07, 6.45) is 0.101. The molecular formula is C67H82O14P2. The van der Waals surface area contributed by atoms with E-state index in [1.807, 2.05) is 86.3 Å². The normalized spacial score (nSPS) is 22.5. The average Bonchev–Trinajstić information content (AvgIpc) is 4.47. The van der Waals surface area contributed by atoms with Crippen LogP contribution in [0.1, 0.15) is 159 Å². The molecule has 16 heteroatoms. The Hall–Kier alpha value is -4.67. The first-order valence-electron chi connectivity index (χ1n) is 28.6. The fourth-order valence-corrected chi connectivity index (χ4v) is 11.6. The third-order valence-corrected chi connectivity index (χ3v) is 17.2. The highest BCUT2D eigenvalue weighted by Crippen LogP contribution is 2.48. The number of ether oxygens (including phenoxy) is 12. The van der Waals surface area contributed by atoms with Gasteiger partial charge in [0.05, 0.1) is 72.7 Å². The van der Waals surface area contributed by atoms with Gasteiger partial charge in [0.2, 0.25) is 0 Å². The minimum atomic E-state index is -0.554. The topological polar surface area (TPSA) is 148 Å². The zero-order chi connectivity index (χ0) is 58.6. The number of rotatable bonds is 24. The molecule has 4 aliphatic heterocycles. The predicted octanol–water partition coefficient (Wildman–Crippen LogP) is 14.9. The molecule has 4 saturated heterocycles. The molecule has 0 aromatic heterocycles. The highest BCUT2D eigenvalue weighted by molar-refractivity contribution is 8.15. The van der Waals surface area contributed by atoms with Crippen LogP contribution in [0.5, 0.6) is 0 Å². The van der Waals surface area contributed by atoms with E-state index in [0.717, 1.165) is 67.4 Å². The number of hydrogen-bond acceptors (Lipinski definition) is 14. The SMILES string of the molecule is CC1(C)OCC(c2ccc(COC[C@H](OCc3ccc(C4COC(C)(C)O4)cc3)c3ccc(CO)cc3)cc2)O1.CP(Cc1ccc([C@H](COCc2ccc(C3COC(C)(C)O3)cc2)OCc2ccc(C3COC(C)(C)O3)cc2)cc1)P=O. The van der Waals surface area contributed by atoms with Gasteiger partial charge in [0.15, 0.2) is 31.3 Å². The number of aliphatic hydroxyl groups is 1. The Bertz CT molecular complexity index is 2950. The molecule has 6 aromatic rings. The molecule has 1 N–H and O–H groups in total. The molecule has 7 atom stereocenters. The van der Waals surface area contributed by atoms with Gasteiger partial charge < -0.3 is 61.9 Å². The first-order valence-corrected chi connectivity index (χ1v) is 32.1. The van der Waals surface area contributed by atoms with E-state index in [9.17, 15) is 9.67 Å². The Kier molecular flexibility index (Phi) is 21.7. The summed E-state index contributed by atoms with van der Waals surface area (Å²) < 4.78 is 83.1. The van der Waals surface area contributed by atoms with E-state index in [1.165, 1.54) is 5.56 Å². The van der Waals surface area contributed by atoms with Crippen molar-refractivity contribution >= 4 is 15.8 Å². The van der Waals surface area contributed by atoms with Crippen molar-refractivity contribution in [1.29, 1.82) is 0 Å². The quantitative estimate of drug-likeness (QED) is 0.0573. The van der Waals surface area contributed by atoms with Crippen LogP contribution >= 0.6 is 15.8 Å². The summed E-state index contributed by atoms with van der Waals surface area (Å²) in [4.78, 5) is 0. The van der Waals surface area contributed by atoms with Gasteiger partial charge >= 0.3 is 0 Å². The summed E-state index contributed by atoms with van der Waals surface area (Å²) in [5.74, 6) is -2.20. The van der Waals surface area contributed by atoms with E-state index in [4.69, 9.17) is 56.8 Å². The van der Waals surface area contributed by atoms with E-state index in [1.54, 1.807) is 0 Å². The minimum Gasteiger partial charge on any atom is -0.392 e. The van der Waals surface area contributed by atoms with Gasteiger partial charge in [-0.25, -0.2) is 0 Å². The molecule has 0 spiro atoms. The monoisotopic (exact) mass is 1170 g/mol. The van der Waals surface area contributed by atoms with Gasteiger partial charge in [0, 0.05) is 6.16 Å². The summed E-state index contributed by atoms with van der Waals surface area (Å²) in [5, 5.41) is 9.44. The van der Waals surface area contributed by atoms with Crippen LogP contribution in [0.25, 0.3) is 0 Å². The predicted molar refractivity (Wildman–Crippen MR) is 319 cm³/mol. The molecule has 4 fully saturated rings. The fourth-order valence-electron chi connectivity index (χ4n) is 10.1. The van der Waals surface area contributed by atoms with Crippen molar-refractivity contribution in [2.24, 2.45) is 0 Å². The maximum atomic E-state index is 11.2. The van der Waals surface area contributed by atoms with Crippen LogP contribution in [0, 0.1) is 0 Å². The molecule has 444 valence electrons. The lowest BCUT2D eigenvalue weighted by Gasteiger charge is -2.20. The van der Waals surface area contributed by atoms with E-state index in [0.29, 0.717) is 66.1 Å². The molecule has 0 radical (unpaired) electrons. The van der Waals surface area contributed by atoms with Crippen molar-refractivity contribution < 1.29 is 66.5 Å². The lowest BCUT2D eigenvalue weighted by molar-refractivity contribution is -0.139. The van der Waals surface area contributed by atoms with Crippen LogP contribution < -0.4 is 0 Å². The summed E-state index contributed by atoms with van der Waals surface area (Å²) in [6, 6.07) is 49.4. The molecule has 4 aliphatic rings. The van der Waals surface area contributed by atoms with Gasteiger partial charge in [-0.1, -0.05) is 146 Å². The molecule has 0 bridgehead atoms. The van der Waals surface area contributed by atoms with Gasteiger partial charge in [0.25, 0.3) is 0 Å². The second kappa shape index (κ2) is 28.7. The van der Waals surface area contributed by atoms with Crippen LogP contribution in [-0.2, 0) is 101 Å². The lowest BCUT2D eigenvalue weighted by atomic mass is 10.1. The molecule has 0 amide bonds. The van der Waals surface area contributed by atoms with Crippen LogP contribution in [0.4, 0.5) is 0 Å². The van der Waals surface area contributed by atoms with Gasteiger partial charge in [-0.2, -0.15) is 0 Å². The van der Waals surface area contributed by atoms with Crippen LogP contribution in [0.15, 0.2) is 146 Å². The Morgan fingerprint density at radius 2 is 0.711 bits per heavy atom. The summed E-state index contributed by atoms with van der Waals surface area (Å²) in [6.45, 7) is 22.4. The fraction of sp³-hybridized carbons (Fsp3) is 0.463. The van der Waals surface area contributed by atoms with Crippen molar-refractivity contribution in [1.82, 2.24) is 0 Å². The molecule has 0 aliphatic carbocycles. The molecule has 14 nitrogen and oxygen atoms in total.